The summed E-state index contributed by atoms with van der Waals surface area (Å²) in [5.74, 6) is -1.97. The van der Waals surface area contributed by atoms with Gasteiger partial charge in [-0.15, -0.1) is 0 Å². The van der Waals surface area contributed by atoms with Crippen molar-refractivity contribution in [2.75, 3.05) is 6.26 Å². The van der Waals surface area contributed by atoms with Crippen LogP contribution in [0.4, 0.5) is 13.2 Å². The minimum Gasteiger partial charge on any atom is -0.435 e. The molecule has 0 bridgehead atoms. The molecule has 28 heavy (non-hydrogen) atoms. The summed E-state index contributed by atoms with van der Waals surface area (Å²) in [6.07, 6.45) is 1.43. The van der Waals surface area contributed by atoms with Crippen LogP contribution in [0.15, 0.2) is 41.3 Å². The van der Waals surface area contributed by atoms with E-state index in [1.165, 1.54) is 24.3 Å². The Hall–Kier alpha value is -2.82. The van der Waals surface area contributed by atoms with Gasteiger partial charge in [-0.1, -0.05) is 12.1 Å². The molecule has 0 aliphatic rings. The van der Waals surface area contributed by atoms with Crippen molar-refractivity contribution in [3.05, 3.63) is 52.7 Å². The molecule has 1 heterocycles. The molecule has 1 aromatic heterocycles. The highest BCUT2D eigenvalue weighted by Crippen LogP contribution is 2.24. The highest BCUT2D eigenvalue weighted by Gasteiger charge is 2.26. The summed E-state index contributed by atoms with van der Waals surface area (Å²) in [6, 6.07) is 6.02. The zero-order valence-electron chi connectivity index (χ0n) is 14.6. The highest BCUT2D eigenvalue weighted by atomic mass is 32.2. The molecule has 0 radical (unpaired) electrons. The largest absolute Gasteiger partial charge is 0.435 e. The molecule has 0 aliphatic heterocycles. The second-order valence-electron chi connectivity index (χ2n) is 5.98. The number of sulfone groups is 1. The van der Waals surface area contributed by atoms with Gasteiger partial charge in [-0.2, -0.15) is 8.78 Å². The number of carbonyl (C=O) groups is 1. The lowest BCUT2D eigenvalue weighted by molar-refractivity contribution is -0.117. The number of amides is 1. The summed E-state index contributed by atoms with van der Waals surface area (Å²) in [5, 5.41) is -1.50. The number of carbonyl (C=O) groups excluding carboxylic acids is 1. The molecule has 1 amide bonds. The van der Waals surface area contributed by atoms with Crippen LogP contribution < -0.4 is 16.0 Å². The van der Waals surface area contributed by atoms with Crippen LogP contribution in [0.3, 0.4) is 0 Å². The van der Waals surface area contributed by atoms with Crippen molar-refractivity contribution in [3.63, 3.8) is 0 Å². The number of nitrogens with zero attached hydrogens (tertiary/aromatic N) is 1. The molecule has 1 aromatic carbocycles. The Morgan fingerprint density at radius 3 is 2.36 bits per heavy atom. The number of pyridine rings is 1. The summed E-state index contributed by atoms with van der Waals surface area (Å²) < 4.78 is 67.0. The minimum atomic E-state index is -3.77. The Balaban J connectivity index is 2.25. The van der Waals surface area contributed by atoms with Crippen molar-refractivity contribution in [1.82, 2.24) is 4.57 Å². The standard InChI is InChI=1S/C17H17F3N2O5S/c1-28(25,26)14(16(21)24)6-7-22-9-13(18)12(8-15(22)23)10-2-4-11(5-3-10)27-17(19)20/h2-5,8-9,14,17H,6-7H2,1H3,(H2,21,24). The SMILES string of the molecule is CS(=O)(=O)C(CCn1cc(F)c(-c2ccc(OC(F)F)cc2)cc1=O)C(N)=O. The Morgan fingerprint density at radius 2 is 1.86 bits per heavy atom. The molecule has 1 atom stereocenters. The topological polar surface area (TPSA) is 108 Å². The van der Waals surface area contributed by atoms with Gasteiger partial charge < -0.3 is 15.0 Å². The summed E-state index contributed by atoms with van der Waals surface area (Å²) in [7, 11) is -3.77. The lowest BCUT2D eigenvalue weighted by Gasteiger charge is -2.13. The fraction of sp³-hybridized carbons (Fsp3) is 0.294. The fourth-order valence-corrected chi connectivity index (χ4v) is 3.54. The number of alkyl halides is 2. The third-order valence-electron chi connectivity index (χ3n) is 3.93. The van der Waals surface area contributed by atoms with E-state index in [-0.39, 0.29) is 29.8 Å². The van der Waals surface area contributed by atoms with E-state index in [0.717, 1.165) is 23.1 Å². The molecule has 11 heteroatoms. The number of nitrogens with two attached hydrogens (primary N) is 1. The van der Waals surface area contributed by atoms with Gasteiger partial charge in [0.25, 0.3) is 5.56 Å². The van der Waals surface area contributed by atoms with Gasteiger partial charge in [-0.25, -0.2) is 12.8 Å². The molecule has 152 valence electrons. The molecule has 1 unspecified atom stereocenters. The van der Waals surface area contributed by atoms with Crippen LogP contribution in [-0.4, -0.2) is 37.0 Å². The van der Waals surface area contributed by atoms with Gasteiger partial charge in [0.05, 0.1) is 0 Å². The molecule has 2 N–H and O–H groups in total. The predicted octanol–water partition coefficient (Wildman–Crippen LogP) is 1.54. The Kier molecular flexibility index (Phi) is 6.49. The molecule has 0 aliphatic carbocycles. The summed E-state index contributed by atoms with van der Waals surface area (Å²) in [6.45, 7) is -3.24. The van der Waals surface area contributed by atoms with Crippen molar-refractivity contribution in [2.24, 2.45) is 5.73 Å². The average molecular weight is 418 g/mol. The van der Waals surface area contributed by atoms with Gasteiger partial charge in [-0.05, 0) is 24.1 Å². The van der Waals surface area contributed by atoms with Crippen molar-refractivity contribution in [1.29, 1.82) is 0 Å². The maximum atomic E-state index is 14.4. The Morgan fingerprint density at radius 1 is 1.25 bits per heavy atom. The van der Waals surface area contributed by atoms with Gasteiger partial charge in [0, 0.05) is 30.6 Å². The van der Waals surface area contributed by atoms with Gasteiger partial charge >= 0.3 is 6.61 Å². The van der Waals surface area contributed by atoms with Gasteiger partial charge in [0.15, 0.2) is 9.84 Å². The second-order valence-corrected chi connectivity index (χ2v) is 8.21. The van der Waals surface area contributed by atoms with Crippen LogP contribution in [0.25, 0.3) is 11.1 Å². The number of aryl methyl sites for hydroxylation is 1. The van der Waals surface area contributed by atoms with Crippen LogP contribution in [0, 0.1) is 5.82 Å². The number of hydrogen-bond donors (Lipinski definition) is 1. The van der Waals surface area contributed by atoms with Crippen molar-refractivity contribution in [2.45, 2.75) is 24.8 Å². The average Bonchev–Trinajstić information content (AvgIpc) is 2.56. The molecule has 0 saturated heterocycles. The van der Waals surface area contributed by atoms with Crippen LogP contribution in [0.5, 0.6) is 5.75 Å². The van der Waals surface area contributed by atoms with E-state index in [2.05, 4.69) is 4.74 Å². The smallest absolute Gasteiger partial charge is 0.387 e. The van der Waals surface area contributed by atoms with E-state index in [4.69, 9.17) is 5.73 Å². The third-order valence-corrected chi connectivity index (χ3v) is 5.44. The van der Waals surface area contributed by atoms with Gasteiger partial charge in [-0.3, -0.25) is 9.59 Å². The zero-order valence-corrected chi connectivity index (χ0v) is 15.5. The number of rotatable bonds is 8. The minimum absolute atomic E-state index is 0.0700. The Bertz CT molecular complexity index is 1020. The first kappa shape index (κ1) is 21.5. The number of benzene rings is 1. The molecule has 7 nitrogen and oxygen atoms in total. The highest BCUT2D eigenvalue weighted by molar-refractivity contribution is 7.92. The number of halogens is 3. The summed E-state index contributed by atoms with van der Waals surface area (Å²) >= 11 is 0. The lowest BCUT2D eigenvalue weighted by Crippen LogP contribution is -2.37. The van der Waals surface area contributed by atoms with E-state index >= 15 is 0 Å². The zero-order chi connectivity index (χ0) is 21.1. The quantitative estimate of drug-likeness (QED) is 0.700. The Labute approximate surface area is 158 Å². The van der Waals surface area contributed by atoms with Crippen LogP contribution in [0.2, 0.25) is 0 Å². The van der Waals surface area contributed by atoms with E-state index < -0.39 is 39.0 Å². The summed E-state index contributed by atoms with van der Waals surface area (Å²) in [4.78, 5) is 23.5. The van der Waals surface area contributed by atoms with Crippen molar-refractivity contribution in [3.8, 4) is 16.9 Å². The van der Waals surface area contributed by atoms with Gasteiger partial charge in [0.2, 0.25) is 5.91 Å². The first-order valence-electron chi connectivity index (χ1n) is 7.92. The predicted molar refractivity (Wildman–Crippen MR) is 95.2 cm³/mol. The van der Waals surface area contributed by atoms with Crippen LogP contribution in [0.1, 0.15) is 6.42 Å². The molecule has 2 aromatic rings. The monoisotopic (exact) mass is 418 g/mol. The fourth-order valence-electron chi connectivity index (χ4n) is 2.58. The molecule has 0 spiro atoms. The molecular weight excluding hydrogens is 401 g/mol. The maximum absolute atomic E-state index is 14.4. The van der Waals surface area contributed by atoms with E-state index in [0.29, 0.717) is 0 Å². The lowest BCUT2D eigenvalue weighted by atomic mass is 10.1. The number of aromatic nitrogens is 1. The molecular formula is C17H17F3N2O5S. The molecule has 2 rings (SSSR count). The molecule has 0 fully saturated rings. The number of ether oxygens (including phenoxy) is 1. The number of primary amides is 1. The summed E-state index contributed by atoms with van der Waals surface area (Å²) in [5.41, 5.74) is 4.61. The normalized spacial score (nSPS) is 12.8. The van der Waals surface area contributed by atoms with Crippen LogP contribution in [-0.2, 0) is 21.2 Å². The van der Waals surface area contributed by atoms with Crippen molar-refractivity contribution < 1.29 is 31.1 Å². The second kappa shape index (κ2) is 8.46. The maximum Gasteiger partial charge on any atom is 0.387 e. The van der Waals surface area contributed by atoms with E-state index in [1.54, 1.807) is 0 Å². The molecule has 0 saturated carbocycles. The third kappa shape index (κ3) is 5.35. The van der Waals surface area contributed by atoms with E-state index in [9.17, 15) is 31.2 Å². The van der Waals surface area contributed by atoms with Gasteiger partial charge in [0.1, 0.15) is 16.8 Å². The first-order chi connectivity index (χ1) is 13.0. The number of hydrogen-bond acceptors (Lipinski definition) is 5. The van der Waals surface area contributed by atoms with Crippen LogP contribution >= 0.6 is 0 Å². The van der Waals surface area contributed by atoms with Crippen molar-refractivity contribution >= 4 is 15.7 Å². The van der Waals surface area contributed by atoms with E-state index in [1.807, 2.05) is 0 Å². The first-order valence-corrected chi connectivity index (χ1v) is 9.88.